The summed E-state index contributed by atoms with van der Waals surface area (Å²) >= 11 is 3.70. The van der Waals surface area contributed by atoms with Crippen molar-refractivity contribution in [3.8, 4) is 0 Å². The van der Waals surface area contributed by atoms with Gasteiger partial charge < -0.3 is 10.2 Å². The van der Waals surface area contributed by atoms with E-state index in [4.69, 9.17) is 0 Å². The molecule has 0 aliphatic carbocycles. The summed E-state index contributed by atoms with van der Waals surface area (Å²) in [6.07, 6.45) is 1.20. The monoisotopic (exact) mass is 296 g/mol. The lowest BCUT2D eigenvalue weighted by molar-refractivity contribution is 0.462. The van der Waals surface area contributed by atoms with Gasteiger partial charge in [0.15, 0.2) is 0 Å². The van der Waals surface area contributed by atoms with E-state index < -0.39 is 0 Å². The van der Waals surface area contributed by atoms with Gasteiger partial charge in [-0.15, -0.1) is 0 Å². The topological polar surface area (TPSA) is 15.3 Å². The molecule has 1 N–H and O–H groups in total. The average Bonchev–Trinajstić information content (AvgIpc) is 2.40. The Hall–Kier alpha value is -0.540. The van der Waals surface area contributed by atoms with Gasteiger partial charge in [-0.2, -0.15) is 0 Å². The van der Waals surface area contributed by atoms with Gasteiger partial charge in [0.05, 0.1) is 5.69 Å². The predicted molar refractivity (Wildman–Crippen MR) is 77.8 cm³/mol. The van der Waals surface area contributed by atoms with Gasteiger partial charge in [-0.25, -0.2) is 0 Å². The van der Waals surface area contributed by atoms with Crippen LogP contribution < -0.4 is 10.2 Å². The molecule has 1 aliphatic heterocycles. The summed E-state index contributed by atoms with van der Waals surface area (Å²) in [4.78, 5) is 2.51. The highest BCUT2D eigenvalue weighted by molar-refractivity contribution is 9.10. The largest absolute Gasteiger partial charge is 0.364 e. The van der Waals surface area contributed by atoms with Crippen LogP contribution >= 0.6 is 15.9 Å². The molecule has 0 radical (unpaired) electrons. The number of rotatable bonds is 1. The van der Waals surface area contributed by atoms with Crippen LogP contribution in [0, 0.1) is 6.92 Å². The molecule has 0 bridgehead atoms. The van der Waals surface area contributed by atoms with E-state index in [1.54, 1.807) is 0 Å². The number of hydrogen-bond acceptors (Lipinski definition) is 2. The quantitative estimate of drug-likeness (QED) is 0.855. The Kier molecular flexibility index (Phi) is 3.79. The first kappa shape index (κ1) is 12.9. The lowest BCUT2D eigenvalue weighted by atomic mass is 10.0. The summed E-state index contributed by atoms with van der Waals surface area (Å²) in [5, 5.41) is 3.51. The Balaban J connectivity index is 2.35. The van der Waals surface area contributed by atoms with E-state index in [-0.39, 0.29) is 5.54 Å². The van der Waals surface area contributed by atoms with Crippen molar-refractivity contribution >= 4 is 21.6 Å². The Morgan fingerprint density at radius 2 is 2.12 bits per heavy atom. The van der Waals surface area contributed by atoms with Crippen molar-refractivity contribution in [1.82, 2.24) is 5.32 Å². The van der Waals surface area contributed by atoms with Crippen molar-refractivity contribution in [3.05, 3.63) is 28.2 Å². The number of anilines is 1. The van der Waals surface area contributed by atoms with Gasteiger partial charge in [-0.3, -0.25) is 0 Å². The zero-order valence-electron chi connectivity index (χ0n) is 10.9. The van der Waals surface area contributed by atoms with Crippen LogP contribution in [0.4, 0.5) is 5.69 Å². The number of nitrogens with zero attached hydrogens (tertiary/aromatic N) is 1. The molecular formula is C14H21BrN2. The van der Waals surface area contributed by atoms with Gasteiger partial charge in [-0.1, -0.05) is 6.07 Å². The third-order valence-corrected chi connectivity index (χ3v) is 4.05. The highest BCUT2D eigenvalue weighted by atomic mass is 79.9. The van der Waals surface area contributed by atoms with Crippen molar-refractivity contribution in [2.45, 2.75) is 32.7 Å². The molecule has 0 amide bonds. The van der Waals surface area contributed by atoms with E-state index in [0.717, 1.165) is 19.6 Å². The van der Waals surface area contributed by atoms with E-state index >= 15 is 0 Å². The minimum atomic E-state index is 0.161. The SMILES string of the molecule is Cc1ccc(N2CCCNCC2(C)C)c(Br)c1. The fraction of sp³-hybridized carbons (Fsp3) is 0.571. The number of aryl methyl sites for hydroxylation is 1. The first-order valence-corrected chi connectivity index (χ1v) is 7.04. The summed E-state index contributed by atoms with van der Waals surface area (Å²) < 4.78 is 1.20. The van der Waals surface area contributed by atoms with Crippen molar-refractivity contribution < 1.29 is 0 Å². The lowest BCUT2D eigenvalue weighted by Crippen LogP contribution is -2.49. The van der Waals surface area contributed by atoms with Crippen LogP contribution in [0.1, 0.15) is 25.8 Å². The molecule has 17 heavy (non-hydrogen) atoms. The van der Waals surface area contributed by atoms with E-state index in [2.05, 4.69) is 65.1 Å². The highest BCUT2D eigenvalue weighted by Gasteiger charge is 2.29. The standard InChI is InChI=1S/C14H21BrN2/c1-11-5-6-13(12(15)9-11)17-8-4-7-16-10-14(17,2)3/h5-6,9,16H,4,7-8,10H2,1-3H3. The van der Waals surface area contributed by atoms with Gasteiger partial charge in [0.25, 0.3) is 0 Å². The fourth-order valence-corrected chi connectivity index (χ4v) is 3.14. The third kappa shape index (κ3) is 2.83. The Morgan fingerprint density at radius 3 is 2.82 bits per heavy atom. The number of halogens is 1. The number of nitrogens with one attached hydrogen (secondary N) is 1. The Morgan fingerprint density at radius 1 is 1.35 bits per heavy atom. The molecule has 1 saturated heterocycles. The van der Waals surface area contributed by atoms with Gasteiger partial charge in [0, 0.05) is 23.1 Å². The minimum absolute atomic E-state index is 0.161. The van der Waals surface area contributed by atoms with Gasteiger partial charge in [0.2, 0.25) is 0 Å². The summed E-state index contributed by atoms with van der Waals surface area (Å²) in [5.74, 6) is 0. The zero-order chi connectivity index (χ0) is 12.5. The molecule has 3 heteroatoms. The van der Waals surface area contributed by atoms with E-state index in [9.17, 15) is 0 Å². The molecule has 2 nitrogen and oxygen atoms in total. The maximum absolute atomic E-state index is 3.70. The maximum Gasteiger partial charge on any atom is 0.0515 e. The van der Waals surface area contributed by atoms with Crippen molar-refractivity contribution in [1.29, 1.82) is 0 Å². The molecule has 1 aromatic carbocycles. The molecule has 2 rings (SSSR count). The molecule has 0 saturated carbocycles. The second-order valence-electron chi connectivity index (χ2n) is 5.45. The van der Waals surface area contributed by atoms with Gasteiger partial charge in [0.1, 0.15) is 0 Å². The molecule has 0 atom stereocenters. The van der Waals surface area contributed by atoms with Crippen molar-refractivity contribution in [2.75, 3.05) is 24.5 Å². The summed E-state index contributed by atoms with van der Waals surface area (Å²) in [6.45, 7) is 10.00. The van der Waals surface area contributed by atoms with E-state index in [1.807, 2.05) is 0 Å². The highest BCUT2D eigenvalue weighted by Crippen LogP contribution is 2.32. The average molecular weight is 297 g/mol. The Labute approximate surface area is 113 Å². The molecule has 94 valence electrons. The molecule has 1 heterocycles. The van der Waals surface area contributed by atoms with Crippen molar-refractivity contribution in [2.24, 2.45) is 0 Å². The van der Waals surface area contributed by atoms with Crippen LogP contribution in [-0.4, -0.2) is 25.2 Å². The van der Waals surface area contributed by atoms with Crippen LogP contribution in [0.15, 0.2) is 22.7 Å². The second kappa shape index (κ2) is 4.99. The summed E-state index contributed by atoms with van der Waals surface area (Å²) in [6, 6.07) is 6.62. The smallest absolute Gasteiger partial charge is 0.0515 e. The molecule has 0 spiro atoms. The maximum atomic E-state index is 3.70. The van der Waals surface area contributed by atoms with Gasteiger partial charge >= 0.3 is 0 Å². The van der Waals surface area contributed by atoms with E-state index in [1.165, 1.54) is 22.1 Å². The zero-order valence-corrected chi connectivity index (χ0v) is 12.5. The number of hydrogen-bond donors (Lipinski definition) is 1. The second-order valence-corrected chi connectivity index (χ2v) is 6.30. The third-order valence-electron chi connectivity index (χ3n) is 3.42. The molecule has 0 aromatic heterocycles. The molecule has 1 fully saturated rings. The lowest BCUT2D eigenvalue weighted by Gasteiger charge is -2.39. The van der Waals surface area contributed by atoms with Gasteiger partial charge in [-0.05, 0) is 67.4 Å². The first-order valence-electron chi connectivity index (χ1n) is 6.25. The first-order chi connectivity index (χ1) is 8.00. The fourth-order valence-electron chi connectivity index (χ4n) is 2.43. The Bertz CT molecular complexity index is 401. The summed E-state index contributed by atoms with van der Waals surface area (Å²) in [5.41, 5.74) is 2.77. The van der Waals surface area contributed by atoms with Crippen LogP contribution in [0.2, 0.25) is 0 Å². The van der Waals surface area contributed by atoms with Crippen LogP contribution in [0.25, 0.3) is 0 Å². The molecule has 1 aromatic rings. The predicted octanol–water partition coefficient (Wildman–Crippen LogP) is 3.34. The van der Waals surface area contributed by atoms with E-state index in [0.29, 0.717) is 0 Å². The van der Waals surface area contributed by atoms with Crippen LogP contribution in [-0.2, 0) is 0 Å². The normalized spacial score (nSPS) is 20.1. The van der Waals surface area contributed by atoms with Crippen LogP contribution in [0.5, 0.6) is 0 Å². The summed E-state index contributed by atoms with van der Waals surface area (Å²) in [7, 11) is 0. The molecule has 0 unspecified atom stereocenters. The molecular weight excluding hydrogens is 276 g/mol. The molecule has 1 aliphatic rings. The van der Waals surface area contributed by atoms with Crippen LogP contribution in [0.3, 0.4) is 0 Å². The number of benzene rings is 1. The minimum Gasteiger partial charge on any atom is -0.364 e. The van der Waals surface area contributed by atoms with Crippen molar-refractivity contribution in [3.63, 3.8) is 0 Å².